The van der Waals surface area contributed by atoms with Crippen molar-refractivity contribution in [3.05, 3.63) is 42.2 Å². The van der Waals surface area contributed by atoms with Gasteiger partial charge in [0.2, 0.25) is 11.8 Å². The highest BCUT2D eigenvalue weighted by Crippen LogP contribution is 2.61. The van der Waals surface area contributed by atoms with Crippen LogP contribution in [-0.4, -0.2) is 79.0 Å². The van der Waals surface area contributed by atoms with Crippen molar-refractivity contribution in [3.8, 4) is 5.88 Å². The third-order valence-electron chi connectivity index (χ3n) is 6.59. The Balaban J connectivity index is 1.23. The Morgan fingerprint density at radius 1 is 1.38 bits per heavy atom. The van der Waals surface area contributed by atoms with E-state index >= 15 is 0 Å². The first-order chi connectivity index (χ1) is 18.5. The van der Waals surface area contributed by atoms with E-state index in [1.807, 2.05) is 30.3 Å². The van der Waals surface area contributed by atoms with Gasteiger partial charge in [0.1, 0.15) is 30.0 Å². The summed E-state index contributed by atoms with van der Waals surface area (Å²) in [5.74, 6) is -0.310. The molecule has 0 aliphatic carbocycles. The Morgan fingerprint density at radius 3 is 2.85 bits per heavy atom. The molecule has 3 aromatic rings. The Bertz CT molecular complexity index is 1410. The van der Waals surface area contributed by atoms with E-state index in [1.165, 1.54) is 24.9 Å². The molecule has 1 aromatic carbocycles. The van der Waals surface area contributed by atoms with Crippen LogP contribution in [0.15, 0.2) is 36.7 Å². The summed E-state index contributed by atoms with van der Waals surface area (Å²) >= 11 is 0.956. The fraction of sp³-hybridized carbons (Fsp3) is 0.478. The second-order valence-electron chi connectivity index (χ2n) is 9.37. The monoisotopic (exact) mass is 580 g/mol. The van der Waals surface area contributed by atoms with Crippen LogP contribution in [0.2, 0.25) is 0 Å². The third-order valence-corrected chi connectivity index (χ3v) is 10.6. The van der Waals surface area contributed by atoms with Crippen LogP contribution in [0.4, 0.5) is 5.95 Å². The van der Waals surface area contributed by atoms with Crippen LogP contribution >= 0.6 is 18.1 Å². The van der Waals surface area contributed by atoms with Gasteiger partial charge in [-0.05, 0) is 19.4 Å². The molecule has 0 amide bonds. The number of ether oxygens (including phenoxy) is 3. The molecule has 5 rings (SSSR count). The highest BCUT2D eigenvalue weighted by atomic mass is 32.7. The van der Waals surface area contributed by atoms with Gasteiger partial charge in [0.05, 0.1) is 20.0 Å². The van der Waals surface area contributed by atoms with Crippen molar-refractivity contribution < 1.29 is 38.3 Å². The SMILES string of the molecule is COc1nc(N)nc2c1ncn2C1O[C@H](CO[P@@]2(=O)NC(C(=O)O[C@@H](C)c3ccccc3)CS2)[C@@H](O)[C@@]1(C)O. The summed E-state index contributed by atoms with van der Waals surface area (Å²) in [6.07, 6.45) is -2.75. The summed E-state index contributed by atoms with van der Waals surface area (Å²) in [6, 6.07) is 8.43. The first kappa shape index (κ1) is 27.8. The van der Waals surface area contributed by atoms with E-state index in [0.29, 0.717) is 0 Å². The predicted octanol–water partition coefficient (Wildman–Crippen LogP) is 1.56. The highest BCUT2D eigenvalue weighted by Gasteiger charge is 2.54. The maximum atomic E-state index is 13.3. The standard InChI is InChI=1S/C23H29N6O8PS/c1-12(13-7-5-4-6-8-13)36-20(31)14-10-39-38(33,28-14)35-9-15-17(30)23(2,32)21(37-15)29-11-25-16-18(29)26-22(24)27-19(16)34-3/h4-8,11-12,14-15,17,21,30,32H,9-10H2,1-3H3,(H,28,33)(H2,24,26,27)/t12-,14?,15+,17+,21?,23+,38-/m0/s1. The van der Waals surface area contributed by atoms with Crippen molar-refractivity contribution >= 4 is 41.2 Å². The number of hydrogen-bond donors (Lipinski definition) is 4. The fourth-order valence-corrected chi connectivity index (χ4v) is 8.33. The minimum atomic E-state index is -3.53. The van der Waals surface area contributed by atoms with Crippen molar-refractivity contribution in [2.75, 3.05) is 25.2 Å². The number of carbonyl (C=O) groups excluding carboxylic acids is 1. The van der Waals surface area contributed by atoms with Gasteiger partial charge in [-0.3, -0.25) is 13.9 Å². The maximum absolute atomic E-state index is 13.3. The molecule has 2 unspecified atom stereocenters. The number of aliphatic hydroxyl groups is 2. The summed E-state index contributed by atoms with van der Waals surface area (Å²) in [5, 5.41) is 24.7. The molecule has 14 nitrogen and oxygen atoms in total. The number of anilines is 1. The third kappa shape index (κ3) is 5.35. The number of nitrogens with one attached hydrogen (secondary N) is 1. The Kier molecular flexibility index (Phi) is 7.59. The van der Waals surface area contributed by atoms with Crippen LogP contribution in [0.1, 0.15) is 31.7 Å². The van der Waals surface area contributed by atoms with Gasteiger partial charge in [-0.1, -0.05) is 41.7 Å². The van der Waals surface area contributed by atoms with Crippen molar-refractivity contribution in [1.29, 1.82) is 0 Å². The fourth-order valence-electron chi connectivity index (χ4n) is 4.45. The molecule has 2 aliphatic heterocycles. The number of esters is 1. The van der Waals surface area contributed by atoms with E-state index < -0.39 is 48.9 Å². The molecule has 0 saturated carbocycles. The number of rotatable bonds is 8. The number of aromatic nitrogens is 4. The average molecular weight is 581 g/mol. The van der Waals surface area contributed by atoms with Crippen molar-refractivity contribution in [2.45, 2.75) is 50.0 Å². The lowest BCUT2D eigenvalue weighted by molar-refractivity contribution is -0.150. The number of nitrogens with two attached hydrogens (primary N) is 1. The van der Waals surface area contributed by atoms with Gasteiger partial charge in [-0.15, -0.1) is 0 Å². The molecular formula is C23H29N6O8PS. The quantitative estimate of drug-likeness (QED) is 0.221. The van der Waals surface area contributed by atoms with Crippen LogP contribution in [0.25, 0.3) is 11.2 Å². The maximum Gasteiger partial charge on any atom is 0.327 e. The number of hydrogen-bond acceptors (Lipinski definition) is 13. The summed E-state index contributed by atoms with van der Waals surface area (Å²) in [5.41, 5.74) is 5.33. The van der Waals surface area contributed by atoms with Crippen LogP contribution in [0.3, 0.4) is 0 Å². The molecule has 2 aliphatic rings. The second kappa shape index (κ2) is 10.7. The first-order valence-corrected chi connectivity index (χ1v) is 15.3. The van der Waals surface area contributed by atoms with Gasteiger partial charge in [0.25, 0.3) is 0 Å². The van der Waals surface area contributed by atoms with Gasteiger partial charge in [-0.2, -0.15) is 9.97 Å². The lowest BCUT2D eigenvalue weighted by atomic mass is 9.96. The molecule has 5 N–H and O–H groups in total. The Labute approximate surface area is 227 Å². The van der Waals surface area contributed by atoms with Gasteiger partial charge in [0, 0.05) is 5.75 Å². The second-order valence-corrected chi connectivity index (χ2v) is 13.7. The Hall–Kier alpha value is -2.78. The number of benzene rings is 1. The molecule has 2 aromatic heterocycles. The summed E-state index contributed by atoms with van der Waals surface area (Å²) in [4.78, 5) is 25.0. The van der Waals surface area contributed by atoms with E-state index in [2.05, 4.69) is 20.0 Å². The van der Waals surface area contributed by atoms with Crippen molar-refractivity contribution in [2.24, 2.45) is 0 Å². The molecule has 2 fully saturated rings. The summed E-state index contributed by atoms with van der Waals surface area (Å²) < 4.78 is 37.0. The Morgan fingerprint density at radius 2 is 2.13 bits per heavy atom. The zero-order valence-corrected chi connectivity index (χ0v) is 23.0. The number of methoxy groups -OCH3 is 1. The lowest BCUT2D eigenvalue weighted by Gasteiger charge is -2.27. The predicted molar refractivity (Wildman–Crippen MR) is 141 cm³/mol. The van der Waals surface area contributed by atoms with Crippen LogP contribution in [0, 0.1) is 0 Å². The van der Waals surface area contributed by atoms with Crippen molar-refractivity contribution in [3.63, 3.8) is 0 Å². The molecule has 0 spiro atoms. The topological polar surface area (TPSA) is 193 Å². The zero-order chi connectivity index (χ0) is 27.9. The molecule has 4 heterocycles. The molecule has 0 bridgehead atoms. The average Bonchev–Trinajstić information content (AvgIpc) is 3.57. The van der Waals surface area contributed by atoms with Gasteiger partial charge < -0.3 is 34.7 Å². The number of carbonyl (C=O) groups is 1. The molecule has 0 radical (unpaired) electrons. The van der Waals surface area contributed by atoms with Crippen LogP contribution < -0.4 is 15.6 Å². The van der Waals surface area contributed by atoms with E-state index in [9.17, 15) is 19.6 Å². The lowest BCUT2D eigenvalue weighted by Crippen LogP contribution is -2.44. The minimum absolute atomic E-state index is 0.0761. The number of imidazole rings is 1. The number of nitrogen functional groups attached to an aromatic ring is 1. The summed E-state index contributed by atoms with van der Waals surface area (Å²) in [7, 11) is 1.41. The molecule has 16 heteroatoms. The smallest absolute Gasteiger partial charge is 0.327 e. The van der Waals surface area contributed by atoms with E-state index in [-0.39, 0.29) is 35.4 Å². The highest BCUT2D eigenvalue weighted by molar-refractivity contribution is 8.56. The molecular weight excluding hydrogens is 551 g/mol. The molecule has 210 valence electrons. The zero-order valence-electron chi connectivity index (χ0n) is 21.3. The largest absolute Gasteiger partial charge is 0.479 e. The van der Waals surface area contributed by atoms with E-state index in [0.717, 1.165) is 16.9 Å². The van der Waals surface area contributed by atoms with Crippen LogP contribution in [-0.2, 0) is 23.4 Å². The minimum Gasteiger partial charge on any atom is -0.479 e. The first-order valence-electron chi connectivity index (χ1n) is 12.0. The van der Waals surface area contributed by atoms with Crippen LogP contribution in [0.5, 0.6) is 5.88 Å². The van der Waals surface area contributed by atoms with E-state index in [1.54, 1.807) is 6.92 Å². The van der Waals surface area contributed by atoms with Crippen molar-refractivity contribution in [1.82, 2.24) is 24.6 Å². The number of nitrogens with zero attached hydrogens (tertiary/aromatic N) is 4. The number of aliphatic hydroxyl groups excluding tert-OH is 1. The molecule has 39 heavy (non-hydrogen) atoms. The molecule has 2 saturated heterocycles. The number of fused-ring (bicyclic) bond motifs is 1. The van der Waals surface area contributed by atoms with Gasteiger partial charge >= 0.3 is 12.7 Å². The van der Waals surface area contributed by atoms with E-state index in [4.69, 9.17) is 24.5 Å². The normalized spacial score (nSPS) is 31.4. The van der Waals surface area contributed by atoms with Gasteiger partial charge in [0.15, 0.2) is 17.4 Å². The molecule has 7 atom stereocenters. The van der Waals surface area contributed by atoms with Gasteiger partial charge in [-0.25, -0.2) is 10.1 Å². The summed E-state index contributed by atoms with van der Waals surface area (Å²) in [6.45, 7) is -0.719.